The van der Waals surface area contributed by atoms with Crippen LogP contribution in [-0.2, 0) is 0 Å². The fourth-order valence-corrected chi connectivity index (χ4v) is 3.39. The van der Waals surface area contributed by atoms with Gasteiger partial charge in [0.25, 0.3) is 0 Å². The van der Waals surface area contributed by atoms with Crippen molar-refractivity contribution in [1.29, 1.82) is 0 Å². The van der Waals surface area contributed by atoms with Crippen LogP contribution in [0.1, 0.15) is 66.7 Å². The Morgan fingerprint density at radius 3 is 2.00 bits per heavy atom. The zero-order valence-corrected chi connectivity index (χ0v) is 11.8. The molecule has 1 aliphatic carbocycles. The maximum atomic E-state index is 5.72. The van der Waals surface area contributed by atoms with Crippen LogP contribution in [0.3, 0.4) is 0 Å². The number of hydrogen-bond acceptors (Lipinski definition) is 2. The van der Waals surface area contributed by atoms with Gasteiger partial charge in [-0.3, -0.25) is 11.3 Å². The van der Waals surface area contributed by atoms with E-state index in [1.165, 1.54) is 32.1 Å². The highest BCUT2D eigenvalue weighted by molar-refractivity contribution is 5.15. The van der Waals surface area contributed by atoms with Crippen LogP contribution in [0.15, 0.2) is 0 Å². The van der Waals surface area contributed by atoms with Gasteiger partial charge in [0.05, 0.1) is 0 Å². The van der Waals surface area contributed by atoms with Gasteiger partial charge in [-0.15, -0.1) is 0 Å². The van der Waals surface area contributed by atoms with Crippen molar-refractivity contribution in [2.75, 3.05) is 0 Å². The fourth-order valence-electron chi connectivity index (χ4n) is 3.39. The second kappa shape index (κ2) is 5.05. The molecule has 1 atom stereocenters. The summed E-state index contributed by atoms with van der Waals surface area (Å²) in [7, 11) is 0. The zero-order valence-electron chi connectivity index (χ0n) is 11.8. The predicted molar refractivity (Wildman–Crippen MR) is 70.9 cm³/mol. The quantitative estimate of drug-likeness (QED) is 0.396. The van der Waals surface area contributed by atoms with Gasteiger partial charge in [-0.25, -0.2) is 0 Å². The molecule has 3 N–H and O–H groups in total. The van der Waals surface area contributed by atoms with E-state index in [9.17, 15) is 0 Å². The Labute approximate surface area is 101 Å². The minimum absolute atomic E-state index is 0.439. The third kappa shape index (κ3) is 2.43. The van der Waals surface area contributed by atoms with Crippen molar-refractivity contribution >= 4 is 0 Å². The second-order valence-corrected chi connectivity index (χ2v) is 6.54. The third-order valence-electron chi connectivity index (χ3n) is 5.12. The average Bonchev–Trinajstić information content (AvgIpc) is 2.60. The summed E-state index contributed by atoms with van der Waals surface area (Å²) in [6, 6.07) is 0.502. The Bertz CT molecular complexity index is 207. The molecule has 96 valence electrons. The largest absolute Gasteiger partial charge is 0.271 e. The summed E-state index contributed by atoms with van der Waals surface area (Å²) in [6.45, 7) is 11.7. The zero-order chi connectivity index (χ0) is 12.4. The first kappa shape index (κ1) is 14.0. The lowest BCUT2D eigenvalue weighted by Crippen LogP contribution is -2.38. The van der Waals surface area contributed by atoms with Crippen molar-refractivity contribution in [3.05, 3.63) is 0 Å². The minimum Gasteiger partial charge on any atom is -0.271 e. The van der Waals surface area contributed by atoms with Crippen LogP contribution in [0.2, 0.25) is 0 Å². The van der Waals surface area contributed by atoms with E-state index in [0.29, 0.717) is 16.9 Å². The molecule has 0 aromatic rings. The molecule has 0 heterocycles. The van der Waals surface area contributed by atoms with Gasteiger partial charge < -0.3 is 0 Å². The summed E-state index contributed by atoms with van der Waals surface area (Å²) in [5.41, 5.74) is 3.93. The molecule has 0 amide bonds. The Kier molecular flexibility index (Phi) is 4.42. The molecule has 16 heavy (non-hydrogen) atoms. The first-order chi connectivity index (χ1) is 7.39. The van der Waals surface area contributed by atoms with E-state index in [1.54, 1.807) is 0 Å². The smallest absolute Gasteiger partial charge is 0.0249 e. The molecule has 1 aliphatic rings. The van der Waals surface area contributed by atoms with Gasteiger partial charge in [0.2, 0.25) is 0 Å². The van der Waals surface area contributed by atoms with E-state index < -0.39 is 0 Å². The van der Waals surface area contributed by atoms with Crippen LogP contribution in [-0.4, -0.2) is 6.04 Å². The Morgan fingerprint density at radius 2 is 1.62 bits per heavy atom. The van der Waals surface area contributed by atoms with Gasteiger partial charge in [-0.2, -0.15) is 0 Å². The Balaban J connectivity index is 2.39. The molecule has 0 spiro atoms. The summed E-state index contributed by atoms with van der Waals surface area (Å²) >= 11 is 0. The van der Waals surface area contributed by atoms with E-state index in [2.05, 4.69) is 40.0 Å². The molecule has 0 aromatic carbocycles. The predicted octanol–water partition coefficient (Wildman–Crippen LogP) is 3.47. The van der Waals surface area contributed by atoms with Gasteiger partial charge in [0.15, 0.2) is 0 Å². The van der Waals surface area contributed by atoms with Gasteiger partial charge in [0.1, 0.15) is 0 Å². The lowest BCUT2D eigenvalue weighted by molar-refractivity contribution is 0.370. The first-order valence-electron chi connectivity index (χ1n) is 6.85. The molecule has 1 fully saturated rings. The highest BCUT2D eigenvalue weighted by Gasteiger charge is 2.66. The fraction of sp³-hybridized carbons (Fsp3) is 1.00. The van der Waals surface area contributed by atoms with Crippen molar-refractivity contribution in [2.45, 2.75) is 72.8 Å². The van der Waals surface area contributed by atoms with Gasteiger partial charge in [-0.1, -0.05) is 60.3 Å². The van der Waals surface area contributed by atoms with Gasteiger partial charge >= 0.3 is 0 Å². The van der Waals surface area contributed by atoms with Crippen LogP contribution in [0.5, 0.6) is 0 Å². The highest BCUT2D eigenvalue weighted by Crippen LogP contribution is 2.69. The lowest BCUT2D eigenvalue weighted by Gasteiger charge is -2.18. The number of unbranched alkanes of at least 4 members (excludes halogenated alkanes) is 3. The monoisotopic (exact) mass is 226 g/mol. The number of nitrogens with two attached hydrogens (primary N) is 1. The molecule has 1 unspecified atom stereocenters. The SMILES string of the molecule is CCCCCCC(NN)C1C(C)(C)C1(C)C. The van der Waals surface area contributed by atoms with Crippen molar-refractivity contribution in [3.8, 4) is 0 Å². The maximum absolute atomic E-state index is 5.72. The first-order valence-corrected chi connectivity index (χ1v) is 6.85. The van der Waals surface area contributed by atoms with Crippen LogP contribution < -0.4 is 11.3 Å². The number of hydrazine groups is 1. The van der Waals surface area contributed by atoms with E-state index in [0.717, 1.165) is 5.92 Å². The van der Waals surface area contributed by atoms with E-state index >= 15 is 0 Å². The highest BCUT2D eigenvalue weighted by atomic mass is 15.2. The molecular weight excluding hydrogens is 196 g/mol. The molecular formula is C14H30N2. The Morgan fingerprint density at radius 1 is 1.06 bits per heavy atom. The van der Waals surface area contributed by atoms with E-state index in [4.69, 9.17) is 5.84 Å². The van der Waals surface area contributed by atoms with Crippen molar-refractivity contribution in [3.63, 3.8) is 0 Å². The van der Waals surface area contributed by atoms with Crippen molar-refractivity contribution < 1.29 is 0 Å². The maximum Gasteiger partial charge on any atom is 0.0249 e. The number of rotatable bonds is 7. The summed E-state index contributed by atoms with van der Waals surface area (Å²) in [5, 5.41) is 0. The Hall–Kier alpha value is -0.0800. The normalized spacial score (nSPS) is 24.4. The minimum atomic E-state index is 0.439. The third-order valence-corrected chi connectivity index (χ3v) is 5.12. The second-order valence-electron chi connectivity index (χ2n) is 6.54. The number of hydrogen-bond donors (Lipinski definition) is 2. The average molecular weight is 226 g/mol. The van der Waals surface area contributed by atoms with E-state index in [-0.39, 0.29) is 0 Å². The summed E-state index contributed by atoms with van der Waals surface area (Å²) in [4.78, 5) is 0. The molecule has 0 radical (unpaired) electrons. The van der Waals surface area contributed by atoms with Gasteiger partial charge in [-0.05, 0) is 23.2 Å². The van der Waals surface area contributed by atoms with Crippen molar-refractivity contribution in [2.24, 2.45) is 22.6 Å². The summed E-state index contributed by atoms with van der Waals surface area (Å²) in [6.07, 6.45) is 6.55. The molecule has 0 bridgehead atoms. The topological polar surface area (TPSA) is 38.0 Å². The van der Waals surface area contributed by atoms with Crippen LogP contribution in [0.4, 0.5) is 0 Å². The standard InChI is InChI=1S/C14H30N2/c1-6-7-8-9-10-11(16-15)12-13(2,3)14(12,4)5/h11-12,16H,6-10,15H2,1-5H3. The van der Waals surface area contributed by atoms with Gasteiger partial charge in [0, 0.05) is 6.04 Å². The molecule has 1 saturated carbocycles. The van der Waals surface area contributed by atoms with Crippen LogP contribution in [0, 0.1) is 16.7 Å². The number of nitrogens with one attached hydrogen (secondary N) is 1. The lowest BCUT2D eigenvalue weighted by atomic mass is 9.98. The molecule has 1 rings (SSSR count). The molecule has 2 nitrogen and oxygen atoms in total. The molecule has 0 aromatic heterocycles. The van der Waals surface area contributed by atoms with Crippen LogP contribution >= 0.6 is 0 Å². The molecule has 0 saturated heterocycles. The summed E-state index contributed by atoms with van der Waals surface area (Å²) < 4.78 is 0. The van der Waals surface area contributed by atoms with Crippen molar-refractivity contribution in [1.82, 2.24) is 5.43 Å². The van der Waals surface area contributed by atoms with E-state index in [1.807, 2.05) is 0 Å². The molecule has 2 heteroatoms. The molecule has 0 aliphatic heterocycles. The van der Waals surface area contributed by atoms with Crippen LogP contribution in [0.25, 0.3) is 0 Å². The summed E-state index contributed by atoms with van der Waals surface area (Å²) in [5.74, 6) is 6.45.